The van der Waals surface area contributed by atoms with Crippen molar-refractivity contribution in [2.45, 2.75) is 12.5 Å². The Kier molecular flexibility index (Phi) is 4.40. The molecule has 100 valence electrons. The first-order chi connectivity index (χ1) is 9.10. The number of phenolic OH excluding ortho intramolecular Hbond substituents is 1. The van der Waals surface area contributed by atoms with Crippen LogP contribution in [0.5, 0.6) is 5.75 Å². The van der Waals surface area contributed by atoms with Crippen molar-refractivity contribution in [2.24, 2.45) is 0 Å². The third kappa shape index (κ3) is 3.46. The van der Waals surface area contributed by atoms with Crippen LogP contribution in [0.2, 0.25) is 5.02 Å². The first kappa shape index (κ1) is 13.8. The molecule has 0 spiro atoms. The second-order valence-corrected chi connectivity index (χ2v) is 4.81. The van der Waals surface area contributed by atoms with Gasteiger partial charge in [-0.1, -0.05) is 29.8 Å². The van der Waals surface area contributed by atoms with Crippen LogP contribution < -0.4 is 5.32 Å². The van der Waals surface area contributed by atoms with Crippen LogP contribution in [-0.2, 0) is 6.42 Å². The van der Waals surface area contributed by atoms with E-state index < -0.39 is 0 Å². The van der Waals surface area contributed by atoms with E-state index in [0.717, 1.165) is 5.56 Å². The van der Waals surface area contributed by atoms with Crippen molar-refractivity contribution in [2.75, 3.05) is 7.05 Å². The first-order valence-electron chi connectivity index (χ1n) is 6.00. The fraction of sp³-hybridized carbons (Fsp3) is 0.200. The molecule has 0 aliphatic carbocycles. The predicted molar refractivity (Wildman–Crippen MR) is 75.0 cm³/mol. The molecule has 0 saturated heterocycles. The summed E-state index contributed by atoms with van der Waals surface area (Å²) in [7, 11) is 1.79. The largest absolute Gasteiger partial charge is 0.508 e. The van der Waals surface area contributed by atoms with Crippen molar-refractivity contribution in [1.82, 2.24) is 5.32 Å². The van der Waals surface area contributed by atoms with Crippen LogP contribution in [0, 0.1) is 5.82 Å². The van der Waals surface area contributed by atoms with Gasteiger partial charge in [0.15, 0.2) is 0 Å². The first-order valence-corrected chi connectivity index (χ1v) is 6.38. The molecule has 2 nitrogen and oxygen atoms in total. The maximum absolute atomic E-state index is 13.9. The summed E-state index contributed by atoms with van der Waals surface area (Å²) in [6, 6.07) is 11.5. The summed E-state index contributed by atoms with van der Waals surface area (Å²) >= 11 is 5.75. The number of phenols is 1. The average Bonchev–Trinajstić information content (AvgIpc) is 2.39. The van der Waals surface area contributed by atoms with E-state index in [0.29, 0.717) is 17.0 Å². The van der Waals surface area contributed by atoms with E-state index in [4.69, 9.17) is 11.6 Å². The third-order valence-corrected chi connectivity index (χ3v) is 3.30. The lowest BCUT2D eigenvalue weighted by atomic mass is 9.98. The van der Waals surface area contributed by atoms with Gasteiger partial charge in [0.1, 0.15) is 11.6 Å². The highest BCUT2D eigenvalue weighted by Gasteiger charge is 2.14. The Morgan fingerprint density at radius 2 is 1.89 bits per heavy atom. The molecular weight excluding hydrogens is 265 g/mol. The van der Waals surface area contributed by atoms with Crippen LogP contribution in [0.3, 0.4) is 0 Å². The number of aromatic hydroxyl groups is 1. The molecule has 0 aliphatic heterocycles. The third-order valence-electron chi connectivity index (χ3n) is 3.06. The van der Waals surface area contributed by atoms with Crippen molar-refractivity contribution < 1.29 is 9.50 Å². The van der Waals surface area contributed by atoms with Crippen molar-refractivity contribution in [1.29, 1.82) is 0 Å². The van der Waals surface area contributed by atoms with Gasteiger partial charge in [0.25, 0.3) is 0 Å². The molecule has 0 fully saturated rings. The van der Waals surface area contributed by atoms with Gasteiger partial charge in [0.2, 0.25) is 0 Å². The van der Waals surface area contributed by atoms with Crippen LogP contribution in [0.15, 0.2) is 42.5 Å². The van der Waals surface area contributed by atoms with Gasteiger partial charge in [0.05, 0.1) is 0 Å². The zero-order valence-electron chi connectivity index (χ0n) is 10.5. The van der Waals surface area contributed by atoms with Crippen LogP contribution in [0.1, 0.15) is 17.2 Å². The summed E-state index contributed by atoms with van der Waals surface area (Å²) in [6.45, 7) is 0. The minimum absolute atomic E-state index is 0.137. The minimum Gasteiger partial charge on any atom is -0.508 e. The van der Waals surface area contributed by atoms with Gasteiger partial charge in [-0.05, 0) is 43.3 Å². The highest BCUT2D eigenvalue weighted by atomic mass is 35.5. The molecule has 0 bridgehead atoms. The molecule has 4 heteroatoms. The highest BCUT2D eigenvalue weighted by Crippen LogP contribution is 2.24. The molecular formula is C15H15ClFNO. The topological polar surface area (TPSA) is 32.3 Å². The molecule has 0 saturated carbocycles. The quantitative estimate of drug-likeness (QED) is 0.895. The van der Waals surface area contributed by atoms with E-state index in [-0.39, 0.29) is 17.6 Å². The number of likely N-dealkylation sites (N-methyl/N-ethyl adjacent to an activating group) is 1. The summed E-state index contributed by atoms with van der Waals surface area (Å²) in [5.41, 5.74) is 1.60. The fourth-order valence-corrected chi connectivity index (χ4v) is 2.18. The normalized spacial score (nSPS) is 12.4. The lowest BCUT2D eigenvalue weighted by Crippen LogP contribution is -2.20. The van der Waals surface area contributed by atoms with E-state index in [1.807, 2.05) is 12.1 Å². The monoisotopic (exact) mass is 279 g/mol. The van der Waals surface area contributed by atoms with E-state index >= 15 is 0 Å². The van der Waals surface area contributed by atoms with E-state index in [9.17, 15) is 9.50 Å². The van der Waals surface area contributed by atoms with E-state index in [2.05, 4.69) is 5.32 Å². The van der Waals surface area contributed by atoms with Gasteiger partial charge in [-0.25, -0.2) is 4.39 Å². The van der Waals surface area contributed by atoms with Crippen LogP contribution in [-0.4, -0.2) is 12.2 Å². The second kappa shape index (κ2) is 6.04. The fourth-order valence-electron chi connectivity index (χ4n) is 2.02. The number of hydrogen-bond donors (Lipinski definition) is 2. The predicted octanol–water partition coefficient (Wildman–Crippen LogP) is 3.69. The molecule has 0 aromatic heterocycles. The standard InChI is InChI=1S/C15H15ClFNO/c1-18-15(8-10-2-5-12(19)6-3-10)13-7-4-11(16)9-14(13)17/h2-7,9,15,18-19H,8H2,1H3. The smallest absolute Gasteiger partial charge is 0.129 e. The van der Waals surface area contributed by atoms with Gasteiger partial charge in [-0.2, -0.15) is 0 Å². The molecule has 2 aromatic rings. The zero-order valence-corrected chi connectivity index (χ0v) is 11.3. The number of rotatable bonds is 4. The summed E-state index contributed by atoms with van der Waals surface area (Å²) in [4.78, 5) is 0. The molecule has 2 rings (SSSR count). The number of benzene rings is 2. The molecule has 0 amide bonds. The molecule has 0 radical (unpaired) electrons. The number of nitrogens with one attached hydrogen (secondary N) is 1. The van der Waals surface area contributed by atoms with Gasteiger partial charge >= 0.3 is 0 Å². The van der Waals surface area contributed by atoms with Crippen molar-refractivity contribution in [3.8, 4) is 5.75 Å². The van der Waals surface area contributed by atoms with Crippen molar-refractivity contribution in [3.05, 3.63) is 64.4 Å². The Labute approximate surface area is 116 Å². The Hall–Kier alpha value is -1.58. The molecule has 1 unspecified atom stereocenters. The molecule has 19 heavy (non-hydrogen) atoms. The molecule has 0 heterocycles. The minimum atomic E-state index is -0.314. The number of hydrogen-bond acceptors (Lipinski definition) is 2. The van der Waals surface area contributed by atoms with Gasteiger partial charge in [-0.15, -0.1) is 0 Å². The summed E-state index contributed by atoms with van der Waals surface area (Å²) < 4.78 is 13.9. The molecule has 1 atom stereocenters. The lowest BCUT2D eigenvalue weighted by molar-refractivity contribution is 0.474. The number of halogens is 2. The Morgan fingerprint density at radius 3 is 2.47 bits per heavy atom. The summed E-state index contributed by atoms with van der Waals surface area (Å²) in [5, 5.41) is 12.7. The van der Waals surface area contributed by atoms with Gasteiger partial charge in [-0.3, -0.25) is 0 Å². The second-order valence-electron chi connectivity index (χ2n) is 4.38. The van der Waals surface area contributed by atoms with Crippen molar-refractivity contribution in [3.63, 3.8) is 0 Å². The molecule has 2 aromatic carbocycles. The Balaban J connectivity index is 2.22. The van der Waals surface area contributed by atoms with Crippen LogP contribution in [0.4, 0.5) is 4.39 Å². The maximum atomic E-state index is 13.9. The van der Waals surface area contributed by atoms with Crippen LogP contribution >= 0.6 is 11.6 Å². The maximum Gasteiger partial charge on any atom is 0.129 e. The highest BCUT2D eigenvalue weighted by molar-refractivity contribution is 6.30. The van der Waals surface area contributed by atoms with Crippen LogP contribution in [0.25, 0.3) is 0 Å². The Bertz CT molecular complexity index is 557. The average molecular weight is 280 g/mol. The Morgan fingerprint density at radius 1 is 1.21 bits per heavy atom. The van der Waals surface area contributed by atoms with E-state index in [1.165, 1.54) is 6.07 Å². The SMILES string of the molecule is CNC(Cc1ccc(O)cc1)c1ccc(Cl)cc1F. The van der Waals surface area contributed by atoms with Crippen molar-refractivity contribution >= 4 is 11.6 Å². The zero-order chi connectivity index (χ0) is 13.8. The summed E-state index contributed by atoms with van der Waals surface area (Å²) in [5.74, 6) is -0.0898. The van der Waals surface area contributed by atoms with E-state index in [1.54, 1.807) is 31.3 Å². The van der Waals surface area contributed by atoms with Gasteiger partial charge < -0.3 is 10.4 Å². The molecule has 0 aliphatic rings. The lowest BCUT2D eigenvalue weighted by Gasteiger charge is -2.17. The van der Waals surface area contributed by atoms with Gasteiger partial charge in [0, 0.05) is 16.6 Å². The molecule has 2 N–H and O–H groups in total. The summed E-state index contributed by atoms with van der Waals surface area (Å²) in [6.07, 6.45) is 0.634.